The van der Waals surface area contributed by atoms with Crippen LogP contribution < -0.4 is 27.4 Å². The van der Waals surface area contributed by atoms with Gasteiger partial charge in [0.05, 0.1) is 12.4 Å². The second-order valence-electron chi connectivity index (χ2n) is 8.57. The molecule has 1 aromatic heterocycles. The number of imidazole rings is 1. The highest BCUT2D eigenvalue weighted by Crippen LogP contribution is 2.08. The average Bonchev–Trinajstić information content (AvgIpc) is 3.40. The fourth-order valence-corrected chi connectivity index (χ4v) is 3.71. The molecule has 13 heteroatoms. The normalized spacial score (nSPS) is 14.1. The first kappa shape index (κ1) is 29.8. The summed E-state index contributed by atoms with van der Waals surface area (Å²) in [5.74, 6) is -2.98. The standard InChI is InChI=1S/C24H35N7O5S/c25-9-5-4-8-18(24(35)36)29-22(33)19(10-15-6-2-1-3-7-15)31-23(34)20(11-16-12-27-14-28-16)30-21(32)17(26)13-37/h1-3,6-7,12,14,17-20,37H,4-5,8-11,13,25-26H2,(H,27,28)(H,29,33)(H,30,32)(H,31,34)(H,35,36). The number of benzene rings is 1. The van der Waals surface area contributed by atoms with Crippen molar-refractivity contribution in [2.24, 2.45) is 11.5 Å². The van der Waals surface area contributed by atoms with Crippen molar-refractivity contribution in [1.29, 1.82) is 0 Å². The van der Waals surface area contributed by atoms with Crippen LogP contribution in [-0.2, 0) is 32.0 Å². The van der Waals surface area contributed by atoms with Crippen molar-refractivity contribution in [2.75, 3.05) is 12.3 Å². The summed E-state index contributed by atoms with van der Waals surface area (Å²) in [4.78, 5) is 57.5. The molecule has 0 radical (unpaired) electrons. The van der Waals surface area contributed by atoms with Crippen LogP contribution in [0.15, 0.2) is 42.9 Å². The topological polar surface area (TPSA) is 205 Å². The summed E-state index contributed by atoms with van der Waals surface area (Å²) in [6.07, 6.45) is 4.46. The number of carboxylic acid groups (broad SMARTS) is 1. The molecule has 2 rings (SSSR count). The molecule has 1 heterocycles. The van der Waals surface area contributed by atoms with Gasteiger partial charge in [-0.2, -0.15) is 12.6 Å². The number of nitrogens with zero attached hydrogens (tertiary/aromatic N) is 1. The number of carbonyl (C=O) groups excluding carboxylic acids is 3. The number of aliphatic carboxylic acids is 1. The molecule has 3 amide bonds. The Bertz CT molecular complexity index is 1010. The van der Waals surface area contributed by atoms with E-state index in [0.29, 0.717) is 25.1 Å². The zero-order valence-corrected chi connectivity index (χ0v) is 21.3. The van der Waals surface area contributed by atoms with Crippen LogP contribution in [0.2, 0.25) is 0 Å². The van der Waals surface area contributed by atoms with Crippen LogP contribution in [0.5, 0.6) is 0 Å². The number of aromatic nitrogens is 2. The number of rotatable bonds is 16. The van der Waals surface area contributed by atoms with Crippen molar-refractivity contribution < 1.29 is 24.3 Å². The fraction of sp³-hybridized carbons (Fsp3) is 0.458. The van der Waals surface area contributed by atoms with Crippen LogP contribution >= 0.6 is 12.6 Å². The van der Waals surface area contributed by atoms with Crippen molar-refractivity contribution in [2.45, 2.75) is 56.3 Å². The van der Waals surface area contributed by atoms with Gasteiger partial charge in [0.15, 0.2) is 0 Å². The van der Waals surface area contributed by atoms with Gasteiger partial charge in [-0.1, -0.05) is 30.3 Å². The Kier molecular flexibility index (Phi) is 12.6. The number of hydrogen-bond acceptors (Lipinski definition) is 8. The molecule has 0 saturated carbocycles. The summed E-state index contributed by atoms with van der Waals surface area (Å²) >= 11 is 4.02. The number of carboxylic acids is 1. The number of amides is 3. The second kappa shape index (κ2) is 15.6. The van der Waals surface area contributed by atoms with Gasteiger partial charge in [0, 0.05) is 30.5 Å². The number of thiol groups is 1. The third kappa shape index (κ3) is 10.2. The van der Waals surface area contributed by atoms with E-state index in [0.717, 1.165) is 5.56 Å². The van der Waals surface area contributed by atoms with Crippen LogP contribution in [0.1, 0.15) is 30.5 Å². The number of nitrogens with two attached hydrogens (primary N) is 2. The molecule has 4 atom stereocenters. The van der Waals surface area contributed by atoms with Crippen LogP contribution in [-0.4, -0.2) is 75.2 Å². The molecular formula is C24H35N7O5S. The summed E-state index contributed by atoms with van der Waals surface area (Å²) in [7, 11) is 0. The van der Waals surface area contributed by atoms with Gasteiger partial charge in [-0.15, -0.1) is 0 Å². The van der Waals surface area contributed by atoms with Crippen molar-refractivity contribution in [1.82, 2.24) is 25.9 Å². The van der Waals surface area contributed by atoms with E-state index in [-0.39, 0.29) is 25.0 Å². The first-order chi connectivity index (χ1) is 17.7. The molecule has 2 aromatic rings. The Morgan fingerprint density at radius 2 is 1.57 bits per heavy atom. The number of H-pyrrole nitrogens is 1. The van der Waals surface area contributed by atoms with E-state index in [1.807, 2.05) is 6.07 Å². The number of carbonyl (C=O) groups is 4. The number of hydrogen-bond donors (Lipinski definition) is 8. The van der Waals surface area contributed by atoms with Gasteiger partial charge in [0.25, 0.3) is 0 Å². The molecule has 37 heavy (non-hydrogen) atoms. The van der Waals surface area contributed by atoms with E-state index < -0.39 is 47.9 Å². The number of unbranched alkanes of at least 4 members (excludes halogenated alkanes) is 1. The fourth-order valence-electron chi connectivity index (χ4n) is 3.54. The molecular weight excluding hydrogens is 498 g/mol. The third-order valence-corrected chi connectivity index (χ3v) is 6.02. The quantitative estimate of drug-likeness (QED) is 0.100. The zero-order valence-electron chi connectivity index (χ0n) is 20.4. The lowest BCUT2D eigenvalue weighted by Crippen LogP contribution is -2.58. The van der Waals surface area contributed by atoms with Crippen molar-refractivity contribution in [3.8, 4) is 0 Å². The molecule has 0 aliphatic carbocycles. The minimum atomic E-state index is -1.18. The lowest BCUT2D eigenvalue weighted by molar-refractivity contribution is -0.142. The maximum absolute atomic E-state index is 13.3. The van der Waals surface area contributed by atoms with Crippen LogP contribution in [0.25, 0.3) is 0 Å². The maximum atomic E-state index is 13.3. The minimum absolute atomic E-state index is 0.0629. The van der Waals surface area contributed by atoms with E-state index in [1.165, 1.54) is 12.5 Å². The molecule has 9 N–H and O–H groups in total. The SMILES string of the molecule is NCCCCC(NC(=O)C(Cc1ccccc1)NC(=O)C(Cc1cnc[nH]1)NC(=O)C(N)CS)C(=O)O. The molecule has 4 unspecified atom stereocenters. The third-order valence-electron chi connectivity index (χ3n) is 5.62. The van der Waals surface area contributed by atoms with Gasteiger partial charge in [0.1, 0.15) is 18.1 Å². The molecule has 0 bridgehead atoms. The second-order valence-corrected chi connectivity index (χ2v) is 8.93. The Morgan fingerprint density at radius 3 is 2.14 bits per heavy atom. The highest BCUT2D eigenvalue weighted by molar-refractivity contribution is 7.80. The van der Waals surface area contributed by atoms with Crippen LogP contribution in [0, 0.1) is 0 Å². The molecule has 0 aliphatic heterocycles. The summed E-state index contributed by atoms with van der Waals surface area (Å²) in [6.45, 7) is 0.410. The lowest BCUT2D eigenvalue weighted by atomic mass is 10.0. The van der Waals surface area contributed by atoms with E-state index in [4.69, 9.17) is 11.5 Å². The average molecular weight is 534 g/mol. The van der Waals surface area contributed by atoms with E-state index >= 15 is 0 Å². The summed E-state index contributed by atoms with van der Waals surface area (Å²) < 4.78 is 0. The predicted octanol–water partition coefficient (Wildman–Crippen LogP) is -0.880. The maximum Gasteiger partial charge on any atom is 0.326 e. The highest BCUT2D eigenvalue weighted by Gasteiger charge is 2.30. The highest BCUT2D eigenvalue weighted by atomic mass is 32.1. The van der Waals surface area contributed by atoms with Gasteiger partial charge < -0.3 is 37.5 Å². The van der Waals surface area contributed by atoms with Gasteiger partial charge in [-0.25, -0.2) is 9.78 Å². The Balaban J connectivity index is 2.23. The predicted molar refractivity (Wildman–Crippen MR) is 141 cm³/mol. The van der Waals surface area contributed by atoms with Crippen LogP contribution in [0.3, 0.4) is 0 Å². The number of nitrogens with one attached hydrogen (secondary N) is 4. The molecule has 12 nitrogen and oxygen atoms in total. The summed E-state index contributed by atoms with van der Waals surface area (Å²) in [5.41, 5.74) is 12.6. The van der Waals surface area contributed by atoms with E-state index in [2.05, 4.69) is 38.5 Å². The Hall–Kier alpha value is -3.42. The van der Waals surface area contributed by atoms with Crippen LogP contribution in [0.4, 0.5) is 0 Å². The smallest absolute Gasteiger partial charge is 0.326 e. The molecule has 0 spiro atoms. The Morgan fingerprint density at radius 1 is 0.946 bits per heavy atom. The molecule has 0 saturated heterocycles. The Labute approximate surface area is 220 Å². The minimum Gasteiger partial charge on any atom is -0.480 e. The van der Waals surface area contributed by atoms with Gasteiger partial charge in [-0.3, -0.25) is 14.4 Å². The van der Waals surface area contributed by atoms with E-state index in [9.17, 15) is 24.3 Å². The number of aromatic amines is 1. The molecule has 202 valence electrons. The van der Waals surface area contributed by atoms with Gasteiger partial charge >= 0.3 is 5.97 Å². The van der Waals surface area contributed by atoms with Crippen molar-refractivity contribution in [3.63, 3.8) is 0 Å². The largest absolute Gasteiger partial charge is 0.480 e. The van der Waals surface area contributed by atoms with Gasteiger partial charge in [-0.05, 0) is 31.4 Å². The van der Waals surface area contributed by atoms with Crippen molar-refractivity contribution >= 4 is 36.3 Å². The monoisotopic (exact) mass is 533 g/mol. The zero-order chi connectivity index (χ0) is 27.2. The molecule has 1 aromatic carbocycles. The first-order valence-electron chi connectivity index (χ1n) is 12.0. The molecule has 0 fully saturated rings. The van der Waals surface area contributed by atoms with Gasteiger partial charge in [0.2, 0.25) is 17.7 Å². The molecule has 0 aliphatic rings. The summed E-state index contributed by atoms with van der Waals surface area (Å²) in [6, 6.07) is 4.72. The van der Waals surface area contributed by atoms with Crippen molar-refractivity contribution in [3.05, 3.63) is 54.1 Å². The summed E-state index contributed by atoms with van der Waals surface area (Å²) in [5, 5.41) is 17.4. The van der Waals surface area contributed by atoms with E-state index in [1.54, 1.807) is 24.3 Å². The first-order valence-corrected chi connectivity index (χ1v) is 12.6. The lowest BCUT2D eigenvalue weighted by Gasteiger charge is -2.25.